The van der Waals surface area contributed by atoms with Crippen molar-refractivity contribution in [2.24, 2.45) is 0 Å². The van der Waals surface area contributed by atoms with Crippen LogP contribution in [0.5, 0.6) is 0 Å². The van der Waals surface area contributed by atoms with Crippen LogP contribution in [0.15, 0.2) is 18.3 Å². The Hall–Kier alpha value is -1.05. The van der Waals surface area contributed by atoms with Crippen LogP contribution in [0, 0.1) is 11.3 Å². The third-order valence-corrected chi connectivity index (χ3v) is 2.99. The Morgan fingerprint density at radius 2 is 2.44 bits per heavy atom. The van der Waals surface area contributed by atoms with Gasteiger partial charge in [0.1, 0.15) is 11.8 Å². The fourth-order valence-corrected chi connectivity index (χ4v) is 1.92. The SMILES string of the molecule is CSCCC(C)NCc1ccnc(C#N)c1. The summed E-state index contributed by atoms with van der Waals surface area (Å²) in [6.07, 6.45) is 4.97. The lowest BCUT2D eigenvalue weighted by Gasteiger charge is -2.12. The molecule has 1 rings (SSSR count). The monoisotopic (exact) mass is 235 g/mol. The van der Waals surface area contributed by atoms with Crippen LogP contribution in [0.1, 0.15) is 24.6 Å². The highest BCUT2D eigenvalue weighted by Crippen LogP contribution is 2.03. The maximum atomic E-state index is 8.72. The van der Waals surface area contributed by atoms with Crippen molar-refractivity contribution in [3.63, 3.8) is 0 Å². The maximum Gasteiger partial charge on any atom is 0.140 e. The summed E-state index contributed by atoms with van der Waals surface area (Å²) in [4.78, 5) is 3.94. The molecule has 1 unspecified atom stereocenters. The van der Waals surface area contributed by atoms with Crippen LogP contribution in [0.3, 0.4) is 0 Å². The maximum absolute atomic E-state index is 8.72. The third kappa shape index (κ3) is 4.65. The molecule has 0 bridgehead atoms. The molecule has 0 saturated heterocycles. The van der Waals surface area contributed by atoms with Crippen molar-refractivity contribution >= 4 is 11.8 Å². The lowest BCUT2D eigenvalue weighted by Crippen LogP contribution is -2.26. The van der Waals surface area contributed by atoms with E-state index in [9.17, 15) is 0 Å². The highest BCUT2D eigenvalue weighted by Gasteiger charge is 2.01. The second-order valence-corrected chi connectivity index (χ2v) is 4.71. The number of nitrogens with one attached hydrogen (secondary N) is 1. The quantitative estimate of drug-likeness (QED) is 0.821. The summed E-state index contributed by atoms with van der Waals surface area (Å²) in [7, 11) is 0. The minimum absolute atomic E-state index is 0.482. The molecule has 1 atom stereocenters. The van der Waals surface area contributed by atoms with Crippen LogP contribution in [0.2, 0.25) is 0 Å². The normalized spacial score (nSPS) is 12.1. The van der Waals surface area contributed by atoms with Gasteiger partial charge in [-0.2, -0.15) is 17.0 Å². The molecule has 0 amide bonds. The van der Waals surface area contributed by atoms with Gasteiger partial charge < -0.3 is 5.32 Å². The van der Waals surface area contributed by atoms with Crippen molar-refractivity contribution in [1.82, 2.24) is 10.3 Å². The molecule has 1 heterocycles. The fourth-order valence-electron chi connectivity index (χ4n) is 1.33. The van der Waals surface area contributed by atoms with E-state index in [2.05, 4.69) is 23.5 Å². The molecule has 3 nitrogen and oxygen atoms in total. The number of hydrogen-bond donors (Lipinski definition) is 1. The summed E-state index contributed by atoms with van der Waals surface area (Å²) in [6.45, 7) is 2.98. The molecule has 0 spiro atoms. The number of nitriles is 1. The summed E-state index contributed by atoms with van der Waals surface area (Å²) in [5.41, 5.74) is 1.60. The third-order valence-electron chi connectivity index (χ3n) is 2.35. The molecule has 0 aliphatic rings. The summed E-state index contributed by atoms with van der Waals surface area (Å²) < 4.78 is 0. The number of thioether (sulfide) groups is 1. The summed E-state index contributed by atoms with van der Waals surface area (Å²) in [5.74, 6) is 1.17. The minimum atomic E-state index is 0.482. The van der Waals surface area contributed by atoms with Crippen LogP contribution in [0.4, 0.5) is 0 Å². The van der Waals surface area contributed by atoms with Gasteiger partial charge in [0.05, 0.1) is 0 Å². The molecule has 86 valence electrons. The molecular formula is C12H17N3S. The molecule has 1 aromatic rings. The average Bonchev–Trinajstić information content (AvgIpc) is 2.34. The summed E-state index contributed by atoms with van der Waals surface area (Å²) in [5, 5.41) is 12.2. The zero-order valence-corrected chi connectivity index (χ0v) is 10.5. The molecule has 0 aliphatic heterocycles. The van der Waals surface area contributed by atoms with E-state index >= 15 is 0 Å². The van der Waals surface area contributed by atoms with Crippen LogP contribution < -0.4 is 5.32 Å². The number of hydrogen-bond acceptors (Lipinski definition) is 4. The highest BCUT2D eigenvalue weighted by molar-refractivity contribution is 7.98. The van der Waals surface area contributed by atoms with Crippen molar-refractivity contribution in [2.45, 2.75) is 25.9 Å². The Bertz CT molecular complexity index is 360. The van der Waals surface area contributed by atoms with Crippen molar-refractivity contribution in [3.05, 3.63) is 29.6 Å². The van der Waals surface area contributed by atoms with Crippen LogP contribution in [-0.2, 0) is 6.54 Å². The Balaban J connectivity index is 2.39. The Morgan fingerprint density at radius 1 is 1.62 bits per heavy atom. The van der Waals surface area contributed by atoms with E-state index in [1.807, 2.05) is 30.0 Å². The van der Waals surface area contributed by atoms with E-state index in [0.29, 0.717) is 11.7 Å². The Kier molecular flexibility index (Phi) is 5.91. The van der Waals surface area contributed by atoms with Gasteiger partial charge in [-0.1, -0.05) is 0 Å². The van der Waals surface area contributed by atoms with Gasteiger partial charge in [0.15, 0.2) is 0 Å². The van der Waals surface area contributed by atoms with Crippen molar-refractivity contribution < 1.29 is 0 Å². The molecule has 4 heteroatoms. The molecule has 0 fully saturated rings. The number of pyridine rings is 1. The van der Waals surface area contributed by atoms with Crippen molar-refractivity contribution in [1.29, 1.82) is 5.26 Å². The molecule has 16 heavy (non-hydrogen) atoms. The molecule has 0 radical (unpaired) electrons. The van der Waals surface area contributed by atoms with E-state index < -0.39 is 0 Å². The zero-order valence-electron chi connectivity index (χ0n) is 9.73. The lowest BCUT2D eigenvalue weighted by atomic mass is 10.2. The first-order chi connectivity index (χ1) is 7.76. The van der Waals surface area contributed by atoms with Crippen molar-refractivity contribution in [3.8, 4) is 6.07 Å². The largest absolute Gasteiger partial charge is 0.310 e. The van der Waals surface area contributed by atoms with E-state index in [-0.39, 0.29) is 0 Å². The van der Waals surface area contributed by atoms with Gasteiger partial charge in [-0.25, -0.2) is 4.98 Å². The van der Waals surface area contributed by atoms with E-state index in [0.717, 1.165) is 18.5 Å². The van der Waals surface area contributed by atoms with E-state index in [4.69, 9.17) is 5.26 Å². The Morgan fingerprint density at radius 3 is 3.12 bits per heavy atom. The van der Waals surface area contributed by atoms with Crippen LogP contribution >= 0.6 is 11.8 Å². The first-order valence-corrected chi connectivity index (χ1v) is 6.73. The lowest BCUT2D eigenvalue weighted by molar-refractivity contribution is 0.537. The minimum Gasteiger partial charge on any atom is -0.310 e. The Labute approximate surface area is 101 Å². The summed E-state index contributed by atoms with van der Waals surface area (Å²) in [6, 6.07) is 6.32. The first kappa shape index (κ1) is 13.0. The van der Waals surface area contributed by atoms with Gasteiger partial charge >= 0.3 is 0 Å². The number of nitrogens with zero attached hydrogens (tertiary/aromatic N) is 2. The van der Waals surface area contributed by atoms with E-state index in [1.165, 1.54) is 5.75 Å². The second kappa shape index (κ2) is 7.26. The predicted molar refractivity (Wildman–Crippen MR) is 68.3 cm³/mol. The molecule has 1 aromatic heterocycles. The zero-order chi connectivity index (χ0) is 11.8. The molecule has 0 aromatic carbocycles. The molecule has 0 aliphatic carbocycles. The fraction of sp³-hybridized carbons (Fsp3) is 0.500. The smallest absolute Gasteiger partial charge is 0.140 e. The topological polar surface area (TPSA) is 48.7 Å². The highest BCUT2D eigenvalue weighted by atomic mass is 32.2. The van der Waals surface area contributed by atoms with Crippen LogP contribution in [0.25, 0.3) is 0 Å². The van der Waals surface area contributed by atoms with Gasteiger partial charge in [-0.3, -0.25) is 0 Å². The van der Waals surface area contributed by atoms with Gasteiger partial charge in [0.2, 0.25) is 0 Å². The van der Waals surface area contributed by atoms with Crippen LogP contribution in [-0.4, -0.2) is 23.0 Å². The van der Waals surface area contributed by atoms with Gasteiger partial charge in [-0.15, -0.1) is 0 Å². The average molecular weight is 235 g/mol. The van der Waals surface area contributed by atoms with Gasteiger partial charge in [-0.05, 0) is 43.0 Å². The molecule has 1 N–H and O–H groups in total. The predicted octanol–water partition coefficient (Wildman–Crippen LogP) is 2.18. The van der Waals surface area contributed by atoms with Gasteiger partial charge in [0, 0.05) is 18.8 Å². The first-order valence-electron chi connectivity index (χ1n) is 5.33. The van der Waals surface area contributed by atoms with Gasteiger partial charge in [0.25, 0.3) is 0 Å². The summed E-state index contributed by atoms with van der Waals surface area (Å²) >= 11 is 1.86. The number of rotatable bonds is 6. The van der Waals surface area contributed by atoms with E-state index in [1.54, 1.807) is 6.20 Å². The standard InChI is InChI=1S/C12H17N3S/c1-10(4-6-16-2)15-9-11-3-5-14-12(7-11)8-13/h3,5,7,10,15H,4,6,9H2,1-2H3. The molecular weight excluding hydrogens is 218 g/mol. The second-order valence-electron chi connectivity index (χ2n) is 3.72. The number of aromatic nitrogens is 1. The molecule has 0 saturated carbocycles. The van der Waals surface area contributed by atoms with Crippen molar-refractivity contribution in [2.75, 3.05) is 12.0 Å².